The molecule has 24 heavy (non-hydrogen) atoms. The second kappa shape index (κ2) is 8.34. The van der Waals surface area contributed by atoms with Gasteiger partial charge in [-0.3, -0.25) is 4.79 Å². The monoisotopic (exact) mass is 363 g/mol. The van der Waals surface area contributed by atoms with Gasteiger partial charge < -0.3 is 16.0 Å². The molecule has 1 fully saturated rings. The van der Waals surface area contributed by atoms with Crippen molar-refractivity contribution in [2.75, 3.05) is 34.8 Å². The van der Waals surface area contributed by atoms with E-state index in [0.717, 1.165) is 18.8 Å². The van der Waals surface area contributed by atoms with E-state index in [1.54, 1.807) is 0 Å². The van der Waals surface area contributed by atoms with Crippen LogP contribution in [0.4, 0.5) is 16.5 Å². The summed E-state index contributed by atoms with van der Waals surface area (Å²) in [5.74, 6) is 0.235. The molecule has 1 aliphatic rings. The molecule has 6 nitrogen and oxygen atoms in total. The average molecular weight is 364 g/mol. The van der Waals surface area contributed by atoms with Crippen LogP contribution in [-0.2, 0) is 4.79 Å². The zero-order valence-electron chi connectivity index (χ0n) is 13.4. The highest BCUT2D eigenvalue weighted by Crippen LogP contribution is 2.24. The van der Waals surface area contributed by atoms with Crippen LogP contribution in [0.5, 0.6) is 0 Å². The molecule has 1 aromatic heterocycles. The normalized spacial score (nSPS) is 15.1. The number of carbonyl (C=O) groups excluding carboxylic acids is 1. The van der Waals surface area contributed by atoms with Crippen molar-refractivity contribution in [3.8, 4) is 0 Å². The van der Waals surface area contributed by atoms with Gasteiger partial charge in [0.1, 0.15) is 0 Å². The van der Waals surface area contributed by atoms with Gasteiger partial charge in [0.25, 0.3) is 0 Å². The minimum Gasteiger partial charge on any atom is -0.374 e. The molecule has 1 amide bonds. The van der Waals surface area contributed by atoms with Crippen LogP contribution in [0.3, 0.4) is 0 Å². The Hall–Kier alpha value is -1.80. The number of carbonyl (C=O) groups is 1. The summed E-state index contributed by atoms with van der Waals surface area (Å²) in [5.41, 5.74) is 7.57. The van der Waals surface area contributed by atoms with Gasteiger partial charge in [0.2, 0.25) is 11.0 Å². The van der Waals surface area contributed by atoms with E-state index >= 15 is 0 Å². The summed E-state index contributed by atoms with van der Waals surface area (Å²) >= 11 is 2.63. The van der Waals surface area contributed by atoms with Gasteiger partial charge in [0.15, 0.2) is 4.34 Å². The molecular formula is C16H21N5OS2. The van der Waals surface area contributed by atoms with E-state index < -0.39 is 0 Å². The summed E-state index contributed by atoms with van der Waals surface area (Å²) < 4.78 is 0.708. The van der Waals surface area contributed by atoms with Crippen LogP contribution in [0.15, 0.2) is 28.6 Å². The lowest BCUT2D eigenvalue weighted by Crippen LogP contribution is -2.23. The largest absolute Gasteiger partial charge is 0.374 e. The van der Waals surface area contributed by atoms with Gasteiger partial charge in [-0.05, 0) is 37.1 Å². The SMILES string of the molecule is Nc1nnc(SCC(=O)Nc2ccc(N3CCCCCC3)cc2)s1. The van der Waals surface area contributed by atoms with E-state index in [9.17, 15) is 4.79 Å². The lowest BCUT2D eigenvalue weighted by molar-refractivity contribution is -0.113. The molecule has 0 spiro atoms. The Balaban J connectivity index is 1.50. The maximum absolute atomic E-state index is 12.0. The topological polar surface area (TPSA) is 84.1 Å². The highest BCUT2D eigenvalue weighted by Gasteiger charge is 2.11. The van der Waals surface area contributed by atoms with E-state index in [2.05, 4.69) is 32.5 Å². The molecule has 128 valence electrons. The molecule has 0 radical (unpaired) electrons. The van der Waals surface area contributed by atoms with Crippen molar-refractivity contribution in [2.45, 2.75) is 30.0 Å². The van der Waals surface area contributed by atoms with E-state index in [1.165, 1.54) is 54.5 Å². The second-order valence-corrected chi connectivity index (χ2v) is 7.92. The van der Waals surface area contributed by atoms with Crippen molar-refractivity contribution >= 4 is 45.5 Å². The number of nitrogen functional groups attached to an aromatic ring is 1. The Morgan fingerprint density at radius 1 is 1.17 bits per heavy atom. The molecule has 2 aromatic rings. The fourth-order valence-corrected chi connectivity index (χ4v) is 4.12. The number of anilines is 3. The molecule has 0 unspecified atom stereocenters. The number of hydrogen-bond acceptors (Lipinski definition) is 7. The number of benzene rings is 1. The number of hydrogen-bond donors (Lipinski definition) is 2. The van der Waals surface area contributed by atoms with Gasteiger partial charge in [-0.1, -0.05) is 35.9 Å². The zero-order valence-corrected chi connectivity index (χ0v) is 15.0. The van der Waals surface area contributed by atoms with Crippen LogP contribution in [0, 0.1) is 0 Å². The first-order valence-corrected chi connectivity index (χ1v) is 9.87. The number of rotatable bonds is 5. The van der Waals surface area contributed by atoms with Crippen LogP contribution in [0.1, 0.15) is 25.7 Å². The Labute approximate surface area is 149 Å². The van der Waals surface area contributed by atoms with Gasteiger partial charge in [-0.2, -0.15) is 0 Å². The van der Waals surface area contributed by atoms with Crippen molar-refractivity contribution in [1.29, 1.82) is 0 Å². The van der Waals surface area contributed by atoms with Crippen molar-refractivity contribution < 1.29 is 4.79 Å². The first-order chi connectivity index (χ1) is 11.7. The number of amides is 1. The first kappa shape index (κ1) is 17.0. The Bertz CT molecular complexity index is 665. The maximum atomic E-state index is 12.0. The molecular weight excluding hydrogens is 342 g/mol. The fraction of sp³-hybridized carbons (Fsp3) is 0.438. The third-order valence-corrected chi connectivity index (χ3v) is 5.76. The third-order valence-electron chi connectivity index (χ3n) is 3.87. The first-order valence-electron chi connectivity index (χ1n) is 8.07. The average Bonchev–Trinajstić information content (AvgIpc) is 2.84. The predicted octanol–water partition coefficient (Wildman–Crippen LogP) is 3.23. The Morgan fingerprint density at radius 3 is 2.50 bits per heavy atom. The molecule has 1 saturated heterocycles. The van der Waals surface area contributed by atoms with E-state index in [0.29, 0.717) is 15.2 Å². The quantitative estimate of drug-likeness (QED) is 0.794. The standard InChI is InChI=1S/C16H21N5OS2/c17-15-19-20-16(24-15)23-11-14(22)18-12-5-7-13(8-6-12)21-9-3-1-2-4-10-21/h5-8H,1-4,9-11H2,(H2,17,19)(H,18,22). The molecule has 0 atom stereocenters. The van der Waals surface area contributed by atoms with Gasteiger partial charge >= 0.3 is 0 Å². The van der Waals surface area contributed by atoms with Crippen LogP contribution >= 0.6 is 23.1 Å². The molecule has 1 aliphatic heterocycles. The zero-order chi connectivity index (χ0) is 16.8. The van der Waals surface area contributed by atoms with Crippen molar-refractivity contribution in [2.24, 2.45) is 0 Å². The fourth-order valence-electron chi connectivity index (χ4n) is 2.69. The van der Waals surface area contributed by atoms with Crippen LogP contribution in [0.2, 0.25) is 0 Å². The molecule has 3 rings (SSSR count). The highest BCUT2D eigenvalue weighted by molar-refractivity contribution is 8.01. The summed E-state index contributed by atoms with van der Waals surface area (Å²) in [6, 6.07) is 8.09. The maximum Gasteiger partial charge on any atom is 0.234 e. The molecule has 8 heteroatoms. The number of aromatic nitrogens is 2. The number of nitrogens with one attached hydrogen (secondary N) is 1. The van der Waals surface area contributed by atoms with Crippen molar-refractivity contribution in [1.82, 2.24) is 10.2 Å². The van der Waals surface area contributed by atoms with E-state index in [1.807, 2.05) is 12.1 Å². The van der Waals surface area contributed by atoms with Crippen molar-refractivity contribution in [3.63, 3.8) is 0 Å². The summed E-state index contributed by atoms with van der Waals surface area (Å²) in [4.78, 5) is 14.4. The predicted molar refractivity (Wildman–Crippen MR) is 101 cm³/mol. The Kier molecular flexibility index (Phi) is 5.92. The van der Waals surface area contributed by atoms with E-state index in [-0.39, 0.29) is 5.91 Å². The molecule has 0 saturated carbocycles. The van der Waals surface area contributed by atoms with Crippen molar-refractivity contribution in [3.05, 3.63) is 24.3 Å². The van der Waals surface area contributed by atoms with E-state index in [4.69, 9.17) is 5.73 Å². The van der Waals surface area contributed by atoms with Gasteiger partial charge in [-0.15, -0.1) is 10.2 Å². The number of thioether (sulfide) groups is 1. The molecule has 3 N–H and O–H groups in total. The second-order valence-electron chi connectivity index (χ2n) is 5.69. The van der Waals surface area contributed by atoms with Gasteiger partial charge in [-0.25, -0.2) is 0 Å². The summed E-state index contributed by atoms with van der Waals surface area (Å²) in [5, 5.41) is 10.9. The molecule has 0 bridgehead atoms. The third kappa shape index (κ3) is 4.85. The lowest BCUT2D eigenvalue weighted by atomic mass is 10.2. The van der Waals surface area contributed by atoms with Gasteiger partial charge in [0, 0.05) is 24.5 Å². The van der Waals surface area contributed by atoms with Crippen LogP contribution in [-0.4, -0.2) is 34.9 Å². The molecule has 1 aromatic carbocycles. The molecule has 0 aliphatic carbocycles. The summed E-state index contributed by atoms with van der Waals surface area (Å²) in [6.45, 7) is 2.24. The smallest absolute Gasteiger partial charge is 0.234 e. The van der Waals surface area contributed by atoms with Crippen LogP contribution < -0.4 is 16.0 Å². The Morgan fingerprint density at radius 2 is 1.88 bits per heavy atom. The number of nitrogens with two attached hydrogens (primary N) is 1. The number of nitrogens with zero attached hydrogens (tertiary/aromatic N) is 3. The minimum atomic E-state index is -0.0590. The molecule has 2 heterocycles. The minimum absolute atomic E-state index is 0.0590. The summed E-state index contributed by atoms with van der Waals surface area (Å²) in [6.07, 6.45) is 5.16. The highest BCUT2D eigenvalue weighted by atomic mass is 32.2. The lowest BCUT2D eigenvalue weighted by Gasteiger charge is -2.22. The van der Waals surface area contributed by atoms with Crippen LogP contribution in [0.25, 0.3) is 0 Å². The van der Waals surface area contributed by atoms with Gasteiger partial charge in [0.05, 0.1) is 5.75 Å². The summed E-state index contributed by atoms with van der Waals surface area (Å²) in [7, 11) is 0.